The van der Waals surface area contributed by atoms with Crippen molar-refractivity contribution < 1.29 is 23.8 Å². The molecule has 0 N–H and O–H groups in total. The summed E-state index contributed by atoms with van der Waals surface area (Å²) in [6.07, 6.45) is 2.66. The molecule has 6 heteroatoms. The van der Waals surface area contributed by atoms with Crippen molar-refractivity contribution in [1.29, 1.82) is 0 Å². The van der Waals surface area contributed by atoms with Crippen molar-refractivity contribution in [3.63, 3.8) is 0 Å². The fraction of sp³-hybridized carbons (Fsp3) is 0.412. The van der Waals surface area contributed by atoms with Crippen LogP contribution in [0.4, 0.5) is 0 Å². The molecule has 3 aromatic rings. The van der Waals surface area contributed by atoms with E-state index in [1.54, 1.807) is 11.8 Å². The zero-order valence-corrected chi connectivity index (χ0v) is 23.7. The number of benzene rings is 3. The van der Waals surface area contributed by atoms with Crippen LogP contribution in [0, 0.1) is 12.8 Å². The van der Waals surface area contributed by atoms with Crippen molar-refractivity contribution in [2.75, 3.05) is 6.61 Å². The number of aryl methyl sites for hydroxylation is 1. The standard InChI is InChI=1S/C34H39NO5/c1-4-38-34(37)29-20-28-27(19-18-24(3)31(28)39-22-25-13-7-5-8-14-25)21-35(29)33(36)32(26-15-9-6-10-16-26)40-30-17-11-12-23(30)2/h5-10,13-16,18-19,23,29-30,32H,4,11-12,17,20-22H2,1-3H3/t23?,29-,30?,32?/m0/s1. The van der Waals surface area contributed by atoms with Gasteiger partial charge in [0.05, 0.1) is 12.7 Å². The van der Waals surface area contributed by atoms with E-state index in [0.717, 1.165) is 52.8 Å². The van der Waals surface area contributed by atoms with Gasteiger partial charge in [-0.05, 0) is 54.9 Å². The van der Waals surface area contributed by atoms with Crippen LogP contribution in [-0.4, -0.2) is 35.5 Å². The summed E-state index contributed by atoms with van der Waals surface area (Å²) < 4.78 is 18.4. The van der Waals surface area contributed by atoms with Gasteiger partial charge in [-0.15, -0.1) is 0 Å². The van der Waals surface area contributed by atoms with E-state index in [4.69, 9.17) is 14.2 Å². The highest BCUT2D eigenvalue weighted by Gasteiger charge is 2.41. The second kappa shape index (κ2) is 12.7. The molecule has 4 atom stereocenters. The monoisotopic (exact) mass is 541 g/mol. The summed E-state index contributed by atoms with van der Waals surface area (Å²) in [5.74, 6) is 0.548. The third-order valence-electron chi connectivity index (χ3n) is 8.16. The topological polar surface area (TPSA) is 65.1 Å². The molecular weight excluding hydrogens is 502 g/mol. The molecule has 1 aliphatic carbocycles. The van der Waals surface area contributed by atoms with E-state index >= 15 is 0 Å². The van der Waals surface area contributed by atoms with E-state index in [0.29, 0.717) is 18.9 Å². The van der Waals surface area contributed by atoms with Crippen LogP contribution in [0.2, 0.25) is 0 Å². The molecule has 1 heterocycles. The molecule has 0 radical (unpaired) electrons. The van der Waals surface area contributed by atoms with E-state index in [9.17, 15) is 9.59 Å². The Morgan fingerprint density at radius 3 is 2.38 bits per heavy atom. The lowest BCUT2D eigenvalue weighted by Crippen LogP contribution is -2.51. The number of hydrogen-bond acceptors (Lipinski definition) is 5. The van der Waals surface area contributed by atoms with Crippen molar-refractivity contribution in [1.82, 2.24) is 4.90 Å². The molecule has 0 saturated heterocycles. The highest BCUT2D eigenvalue weighted by atomic mass is 16.5. The predicted octanol–water partition coefficient (Wildman–Crippen LogP) is 6.34. The smallest absolute Gasteiger partial charge is 0.329 e. The Kier molecular flexibility index (Phi) is 8.85. The highest BCUT2D eigenvalue weighted by molar-refractivity contribution is 5.89. The van der Waals surface area contributed by atoms with Gasteiger partial charge in [-0.2, -0.15) is 0 Å². The number of carbonyl (C=O) groups excluding carboxylic acids is 2. The molecule has 40 heavy (non-hydrogen) atoms. The lowest BCUT2D eigenvalue weighted by atomic mass is 9.90. The molecule has 0 aromatic heterocycles. The van der Waals surface area contributed by atoms with Crippen LogP contribution in [0.15, 0.2) is 72.8 Å². The first-order chi connectivity index (χ1) is 19.5. The molecule has 3 unspecified atom stereocenters. The Bertz CT molecular complexity index is 1310. The number of amides is 1. The zero-order valence-electron chi connectivity index (χ0n) is 23.7. The second-order valence-corrected chi connectivity index (χ2v) is 10.9. The first kappa shape index (κ1) is 27.9. The summed E-state index contributed by atoms with van der Waals surface area (Å²) in [5, 5.41) is 0. The van der Waals surface area contributed by atoms with Crippen molar-refractivity contribution in [3.05, 3.63) is 101 Å². The van der Waals surface area contributed by atoms with E-state index < -0.39 is 18.1 Å². The van der Waals surface area contributed by atoms with Crippen LogP contribution in [-0.2, 0) is 38.6 Å². The van der Waals surface area contributed by atoms with Gasteiger partial charge in [0, 0.05) is 18.5 Å². The lowest BCUT2D eigenvalue weighted by Gasteiger charge is -2.38. The Labute approximate surface area is 237 Å². The maximum atomic E-state index is 14.3. The van der Waals surface area contributed by atoms with Gasteiger partial charge in [-0.25, -0.2) is 4.79 Å². The molecule has 0 bridgehead atoms. The number of fused-ring (bicyclic) bond motifs is 1. The van der Waals surface area contributed by atoms with Gasteiger partial charge in [0.25, 0.3) is 5.91 Å². The predicted molar refractivity (Wildman–Crippen MR) is 154 cm³/mol. The fourth-order valence-electron chi connectivity index (χ4n) is 5.91. The molecule has 1 fully saturated rings. The van der Waals surface area contributed by atoms with Gasteiger partial charge in [0.1, 0.15) is 18.4 Å². The maximum absolute atomic E-state index is 14.3. The molecule has 2 aliphatic rings. The van der Waals surface area contributed by atoms with Crippen molar-refractivity contribution in [2.45, 2.75) is 77.9 Å². The van der Waals surface area contributed by atoms with Crippen LogP contribution in [0.1, 0.15) is 67.0 Å². The number of nitrogens with zero attached hydrogens (tertiary/aromatic N) is 1. The van der Waals surface area contributed by atoms with E-state index in [1.807, 2.05) is 79.7 Å². The van der Waals surface area contributed by atoms with Crippen molar-refractivity contribution in [3.8, 4) is 5.75 Å². The SMILES string of the molecule is CCOC(=O)[C@@H]1Cc2c(ccc(C)c2OCc2ccccc2)CN1C(=O)C(OC1CCCC1C)c1ccccc1. The normalized spacial score (nSPS) is 21.0. The van der Waals surface area contributed by atoms with E-state index in [1.165, 1.54) is 0 Å². The summed E-state index contributed by atoms with van der Waals surface area (Å²) in [4.78, 5) is 29.4. The van der Waals surface area contributed by atoms with Gasteiger partial charge in [0.2, 0.25) is 0 Å². The van der Waals surface area contributed by atoms with Crippen LogP contribution in [0.25, 0.3) is 0 Å². The Hall–Kier alpha value is -3.64. The molecule has 1 amide bonds. The maximum Gasteiger partial charge on any atom is 0.329 e. The van der Waals surface area contributed by atoms with Gasteiger partial charge >= 0.3 is 5.97 Å². The van der Waals surface area contributed by atoms with Gasteiger partial charge in [-0.3, -0.25) is 4.79 Å². The molecule has 5 rings (SSSR count). The Balaban J connectivity index is 1.47. The average molecular weight is 542 g/mol. The van der Waals surface area contributed by atoms with Gasteiger partial charge in [0.15, 0.2) is 6.10 Å². The molecular formula is C34H39NO5. The molecule has 6 nitrogen and oxygen atoms in total. The third kappa shape index (κ3) is 6.07. The number of rotatable bonds is 9. The summed E-state index contributed by atoms with van der Waals surface area (Å²) in [6, 6.07) is 23.0. The summed E-state index contributed by atoms with van der Waals surface area (Å²) in [5.41, 5.74) is 4.80. The summed E-state index contributed by atoms with van der Waals surface area (Å²) in [6.45, 7) is 6.94. The lowest BCUT2D eigenvalue weighted by molar-refractivity contribution is -0.163. The zero-order chi connectivity index (χ0) is 28.1. The molecule has 210 valence electrons. The van der Waals surface area contributed by atoms with Gasteiger partial charge < -0.3 is 19.1 Å². The van der Waals surface area contributed by atoms with Gasteiger partial charge in [-0.1, -0.05) is 86.1 Å². The number of carbonyl (C=O) groups is 2. The summed E-state index contributed by atoms with van der Waals surface area (Å²) >= 11 is 0. The minimum absolute atomic E-state index is 0.00733. The Morgan fingerprint density at radius 2 is 1.70 bits per heavy atom. The molecule has 3 aromatic carbocycles. The van der Waals surface area contributed by atoms with Crippen molar-refractivity contribution >= 4 is 11.9 Å². The van der Waals surface area contributed by atoms with E-state index in [2.05, 4.69) is 6.92 Å². The largest absolute Gasteiger partial charge is 0.488 e. The Morgan fingerprint density at radius 1 is 0.975 bits per heavy atom. The molecule has 0 spiro atoms. The fourth-order valence-corrected chi connectivity index (χ4v) is 5.91. The first-order valence-electron chi connectivity index (χ1n) is 14.4. The van der Waals surface area contributed by atoms with Crippen LogP contribution in [0.5, 0.6) is 5.75 Å². The minimum Gasteiger partial charge on any atom is -0.488 e. The van der Waals surface area contributed by atoms with Crippen LogP contribution < -0.4 is 4.74 Å². The quantitative estimate of drug-likeness (QED) is 0.296. The number of ether oxygens (including phenoxy) is 3. The average Bonchev–Trinajstić information content (AvgIpc) is 3.39. The molecule has 1 aliphatic heterocycles. The van der Waals surface area contributed by atoms with Crippen LogP contribution >= 0.6 is 0 Å². The number of esters is 1. The summed E-state index contributed by atoms with van der Waals surface area (Å²) in [7, 11) is 0. The highest BCUT2D eigenvalue weighted by Crippen LogP contribution is 2.38. The number of hydrogen-bond donors (Lipinski definition) is 0. The molecule has 1 saturated carbocycles. The second-order valence-electron chi connectivity index (χ2n) is 10.9. The first-order valence-corrected chi connectivity index (χ1v) is 14.4. The van der Waals surface area contributed by atoms with Crippen LogP contribution in [0.3, 0.4) is 0 Å². The van der Waals surface area contributed by atoms with E-state index in [-0.39, 0.29) is 25.2 Å². The third-order valence-corrected chi connectivity index (χ3v) is 8.16. The van der Waals surface area contributed by atoms with Crippen molar-refractivity contribution in [2.24, 2.45) is 5.92 Å². The minimum atomic E-state index is -0.788.